The molecule has 0 radical (unpaired) electrons. The van der Waals surface area contributed by atoms with Gasteiger partial charge in [-0.25, -0.2) is 4.98 Å². The summed E-state index contributed by atoms with van der Waals surface area (Å²) in [6, 6.07) is 9.94. The minimum Gasteiger partial charge on any atom is -0.352 e. The number of rotatable bonds is 8. The second kappa shape index (κ2) is 12.6. The molecule has 1 unspecified atom stereocenters. The molecule has 1 aromatic heterocycles. The molecule has 4 rings (SSSR count). The van der Waals surface area contributed by atoms with Crippen LogP contribution in [-0.4, -0.2) is 46.3 Å². The number of amides is 3. The summed E-state index contributed by atoms with van der Waals surface area (Å²) >= 11 is 0. The van der Waals surface area contributed by atoms with Crippen molar-refractivity contribution in [3.8, 4) is 0 Å². The van der Waals surface area contributed by atoms with Gasteiger partial charge in [-0.15, -0.1) is 0 Å². The Balaban J connectivity index is 1.29. The van der Waals surface area contributed by atoms with Crippen LogP contribution in [0.5, 0.6) is 0 Å². The largest absolute Gasteiger partial charge is 0.352 e. The Hall–Kier alpha value is -3.29. The second-order valence-electron chi connectivity index (χ2n) is 10.2. The lowest BCUT2D eigenvalue weighted by Gasteiger charge is -2.35. The van der Waals surface area contributed by atoms with Gasteiger partial charge in [0, 0.05) is 18.4 Å². The van der Waals surface area contributed by atoms with Crippen molar-refractivity contribution in [2.45, 2.75) is 76.3 Å². The highest BCUT2D eigenvalue weighted by Gasteiger charge is 2.33. The highest BCUT2D eigenvalue weighted by atomic mass is 16.2. The number of hydrogen-bond acceptors (Lipinski definition) is 5. The Morgan fingerprint density at radius 2 is 1.78 bits per heavy atom. The summed E-state index contributed by atoms with van der Waals surface area (Å²) in [6.45, 7) is 2.08. The summed E-state index contributed by atoms with van der Waals surface area (Å²) in [5.74, 6) is -0.0396. The van der Waals surface area contributed by atoms with E-state index in [4.69, 9.17) is 0 Å². The SMILES string of the molecule is C[C@@H]1C[C@H](c2ccccc2)CC[C@@H]1NC(=O)CNC(=O)C(NC(=O)c1cnccn1)C1CCCCC1. The van der Waals surface area contributed by atoms with Gasteiger partial charge in [-0.3, -0.25) is 19.4 Å². The molecule has 0 saturated heterocycles. The van der Waals surface area contributed by atoms with E-state index in [0.29, 0.717) is 11.8 Å². The molecule has 1 aromatic carbocycles. The van der Waals surface area contributed by atoms with Crippen molar-refractivity contribution < 1.29 is 14.4 Å². The van der Waals surface area contributed by atoms with Gasteiger partial charge >= 0.3 is 0 Å². The first-order valence-corrected chi connectivity index (χ1v) is 13.2. The summed E-state index contributed by atoms with van der Waals surface area (Å²) in [6.07, 6.45) is 12.2. The summed E-state index contributed by atoms with van der Waals surface area (Å²) < 4.78 is 0. The normalized spacial score (nSPS) is 23.3. The van der Waals surface area contributed by atoms with Gasteiger partial charge in [0.1, 0.15) is 11.7 Å². The molecule has 2 aliphatic carbocycles. The molecule has 2 fully saturated rings. The predicted molar refractivity (Wildman–Crippen MR) is 137 cm³/mol. The highest BCUT2D eigenvalue weighted by Crippen LogP contribution is 2.36. The zero-order valence-corrected chi connectivity index (χ0v) is 21.0. The minimum atomic E-state index is -0.701. The number of nitrogens with one attached hydrogen (secondary N) is 3. The molecule has 8 nitrogen and oxygen atoms in total. The number of hydrogen-bond donors (Lipinski definition) is 3. The second-order valence-corrected chi connectivity index (χ2v) is 10.2. The van der Waals surface area contributed by atoms with Crippen LogP contribution in [0.3, 0.4) is 0 Å². The monoisotopic (exact) mass is 491 g/mol. The Morgan fingerprint density at radius 1 is 1.00 bits per heavy atom. The molecule has 0 spiro atoms. The van der Waals surface area contributed by atoms with Crippen LogP contribution in [-0.2, 0) is 9.59 Å². The zero-order chi connectivity index (χ0) is 25.3. The van der Waals surface area contributed by atoms with Gasteiger partial charge in [-0.1, -0.05) is 56.5 Å². The van der Waals surface area contributed by atoms with Crippen molar-refractivity contribution in [2.24, 2.45) is 11.8 Å². The Bertz CT molecular complexity index is 1010. The van der Waals surface area contributed by atoms with E-state index >= 15 is 0 Å². The lowest BCUT2D eigenvalue weighted by atomic mass is 9.76. The van der Waals surface area contributed by atoms with Gasteiger partial charge < -0.3 is 16.0 Å². The third-order valence-corrected chi connectivity index (χ3v) is 7.70. The molecule has 0 bridgehead atoms. The number of aromatic nitrogens is 2. The molecule has 2 saturated carbocycles. The van der Waals surface area contributed by atoms with Crippen molar-refractivity contribution in [3.05, 3.63) is 60.2 Å². The summed E-state index contributed by atoms with van der Waals surface area (Å²) in [7, 11) is 0. The first-order valence-electron chi connectivity index (χ1n) is 13.2. The first-order chi connectivity index (χ1) is 17.5. The van der Waals surface area contributed by atoms with E-state index in [1.54, 1.807) is 0 Å². The molecule has 2 aliphatic rings. The third kappa shape index (κ3) is 6.89. The van der Waals surface area contributed by atoms with Gasteiger partial charge in [0.05, 0.1) is 12.7 Å². The fraction of sp³-hybridized carbons (Fsp3) is 0.536. The van der Waals surface area contributed by atoms with E-state index in [1.807, 2.05) is 6.07 Å². The Labute approximate surface area is 213 Å². The van der Waals surface area contributed by atoms with Crippen LogP contribution >= 0.6 is 0 Å². The summed E-state index contributed by atoms with van der Waals surface area (Å²) in [5.41, 5.74) is 1.53. The quantitative estimate of drug-likeness (QED) is 0.524. The van der Waals surface area contributed by atoms with Crippen molar-refractivity contribution in [2.75, 3.05) is 6.54 Å². The van der Waals surface area contributed by atoms with E-state index < -0.39 is 11.9 Å². The average molecular weight is 492 g/mol. The van der Waals surface area contributed by atoms with Crippen LogP contribution in [0.25, 0.3) is 0 Å². The minimum absolute atomic E-state index is 0.0377. The number of carbonyl (C=O) groups excluding carboxylic acids is 3. The molecule has 0 aliphatic heterocycles. The Morgan fingerprint density at radius 3 is 2.47 bits per heavy atom. The fourth-order valence-corrected chi connectivity index (χ4v) is 5.67. The van der Waals surface area contributed by atoms with E-state index in [2.05, 4.69) is 57.1 Å². The summed E-state index contributed by atoms with van der Waals surface area (Å²) in [5, 5.41) is 8.75. The van der Waals surface area contributed by atoms with Crippen LogP contribution in [0.1, 0.15) is 80.3 Å². The molecule has 36 heavy (non-hydrogen) atoms. The smallest absolute Gasteiger partial charge is 0.272 e. The molecule has 3 amide bonds. The van der Waals surface area contributed by atoms with Crippen LogP contribution in [0, 0.1) is 11.8 Å². The molecular formula is C28H37N5O3. The van der Waals surface area contributed by atoms with Crippen LogP contribution < -0.4 is 16.0 Å². The van der Waals surface area contributed by atoms with Crippen LogP contribution in [0.4, 0.5) is 0 Å². The molecule has 1 heterocycles. The standard InChI is InChI=1S/C28H37N5O3/c1-19-16-22(20-8-4-2-5-9-20)12-13-23(19)32-25(34)18-31-28(36)26(21-10-6-3-7-11-21)33-27(35)24-17-29-14-15-30-24/h2,4-5,8-9,14-15,17,19,21-23,26H,3,6-7,10-13,16,18H2,1H3,(H,31,36)(H,32,34)(H,33,35)/t19-,22-,23+,26?/m1/s1. The molecule has 8 heteroatoms. The fourth-order valence-electron chi connectivity index (χ4n) is 5.67. The van der Waals surface area contributed by atoms with Gasteiger partial charge in [-0.05, 0) is 55.4 Å². The van der Waals surface area contributed by atoms with Gasteiger partial charge in [-0.2, -0.15) is 0 Å². The third-order valence-electron chi connectivity index (χ3n) is 7.70. The van der Waals surface area contributed by atoms with E-state index in [1.165, 1.54) is 24.2 Å². The van der Waals surface area contributed by atoms with Crippen molar-refractivity contribution >= 4 is 17.7 Å². The highest BCUT2D eigenvalue weighted by molar-refractivity contribution is 5.96. The Kier molecular flexibility index (Phi) is 9.03. The zero-order valence-electron chi connectivity index (χ0n) is 21.0. The molecule has 2 aromatic rings. The number of nitrogens with zero attached hydrogens (tertiary/aromatic N) is 2. The maximum absolute atomic E-state index is 13.1. The number of benzene rings is 1. The lowest BCUT2D eigenvalue weighted by Crippen LogP contribution is -2.54. The van der Waals surface area contributed by atoms with E-state index in [0.717, 1.165) is 51.4 Å². The van der Waals surface area contributed by atoms with Crippen LogP contribution in [0.15, 0.2) is 48.9 Å². The van der Waals surface area contributed by atoms with Crippen LogP contribution in [0.2, 0.25) is 0 Å². The molecular weight excluding hydrogens is 454 g/mol. The molecule has 4 atom stereocenters. The topological polar surface area (TPSA) is 113 Å². The van der Waals surface area contributed by atoms with Crippen molar-refractivity contribution in [3.63, 3.8) is 0 Å². The molecule has 3 N–H and O–H groups in total. The van der Waals surface area contributed by atoms with Gasteiger partial charge in [0.15, 0.2) is 0 Å². The average Bonchev–Trinajstić information content (AvgIpc) is 2.93. The van der Waals surface area contributed by atoms with E-state index in [-0.39, 0.29) is 36.0 Å². The van der Waals surface area contributed by atoms with Gasteiger partial charge in [0.2, 0.25) is 11.8 Å². The van der Waals surface area contributed by atoms with Crippen molar-refractivity contribution in [1.29, 1.82) is 0 Å². The van der Waals surface area contributed by atoms with Gasteiger partial charge in [0.25, 0.3) is 5.91 Å². The maximum Gasteiger partial charge on any atom is 0.272 e. The molecule has 192 valence electrons. The summed E-state index contributed by atoms with van der Waals surface area (Å²) in [4.78, 5) is 46.5. The first kappa shape index (κ1) is 25.8. The maximum atomic E-state index is 13.1. The predicted octanol–water partition coefficient (Wildman–Crippen LogP) is 3.36. The lowest BCUT2D eigenvalue weighted by molar-refractivity contribution is -0.128. The van der Waals surface area contributed by atoms with E-state index in [9.17, 15) is 14.4 Å². The number of carbonyl (C=O) groups is 3. The van der Waals surface area contributed by atoms with Crippen molar-refractivity contribution in [1.82, 2.24) is 25.9 Å².